The highest BCUT2D eigenvalue weighted by Crippen LogP contribution is 2.39. The van der Waals surface area contributed by atoms with Crippen molar-refractivity contribution in [1.29, 1.82) is 0 Å². The van der Waals surface area contributed by atoms with Crippen LogP contribution in [0, 0.1) is 5.92 Å². The van der Waals surface area contributed by atoms with Crippen molar-refractivity contribution in [3.63, 3.8) is 0 Å². The Bertz CT molecular complexity index is 386. The minimum Gasteiger partial charge on any atom is -0.358 e. The third kappa shape index (κ3) is 1.95. The lowest BCUT2D eigenvalue weighted by Crippen LogP contribution is -2.54. The highest BCUT2D eigenvalue weighted by Gasteiger charge is 2.53. The maximum atomic E-state index is 12.0. The summed E-state index contributed by atoms with van der Waals surface area (Å²) in [5.74, 6) is 0.0714. The SMILES string of the molecule is CNC(=O)CN1C(=O)NC(=O)C12CCC(C)CC2. The fourth-order valence-corrected chi connectivity index (χ4v) is 2.78. The monoisotopic (exact) mass is 253 g/mol. The summed E-state index contributed by atoms with van der Waals surface area (Å²) < 4.78 is 0. The van der Waals surface area contributed by atoms with E-state index in [0.29, 0.717) is 18.8 Å². The van der Waals surface area contributed by atoms with Crippen molar-refractivity contribution in [2.45, 2.75) is 38.1 Å². The molecule has 0 atom stereocenters. The van der Waals surface area contributed by atoms with Crippen LogP contribution in [0.25, 0.3) is 0 Å². The van der Waals surface area contributed by atoms with Crippen LogP contribution in [-0.2, 0) is 9.59 Å². The second-order valence-electron chi connectivity index (χ2n) is 5.23. The highest BCUT2D eigenvalue weighted by molar-refractivity contribution is 6.08. The molecule has 1 saturated heterocycles. The molecule has 0 unspecified atom stereocenters. The van der Waals surface area contributed by atoms with E-state index >= 15 is 0 Å². The van der Waals surface area contributed by atoms with E-state index in [1.165, 1.54) is 11.9 Å². The number of hydrogen-bond acceptors (Lipinski definition) is 3. The predicted molar refractivity (Wildman–Crippen MR) is 64.7 cm³/mol. The number of carbonyl (C=O) groups excluding carboxylic acids is 3. The van der Waals surface area contributed by atoms with E-state index in [1.807, 2.05) is 0 Å². The standard InChI is InChI=1S/C12H19N3O3/c1-8-3-5-12(6-4-8)10(17)14-11(18)15(12)7-9(16)13-2/h8H,3-7H2,1-2H3,(H,13,16)(H,14,17,18). The quantitative estimate of drug-likeness (QED) is 0.692. The van der Waals surface area contributed by atoms with Crippen molar-refractivity contribution >= 4 is 17.8 Å². The minimum atomic E-state index is -0.796. The zero-order valence-electron chi connectivity index (χ0n) is 10.8. The fourth-order valence-electron chi connectivity index (χ4n) is 2.78. The number of nitrogens with one attached hydrogen (secondary N) is 2. The minimum absolute atomic E-state index is 0.0531. The van der Waals surface area contributed by atoms with Gasteiger partial charge in [0, 0.05) is 7.05 Å². The number of likely N-dealkylation sites (N-methyl/N-ethyl adjacent to an activating group) is 1. The Morgan fingerprint density at radius 2 is 2.06 bits per heavy atom. The molecule has 0 aromatic heterocycles. The average Bonchev–Trinajstić information content (AvgIpc) is 2.57. The smallest absolute Gasteiger partial charge is 0.325 e. The highest BCUT2D eigenvalue weighted by atomic mass is 16.2. The van der Waals surface area contributed by atoms with Crippen LogP contribution >= 0.6 is 0 Å². The van der Waals surface area contributed by atoms with Crippen LogP contribution in [0.4, 0.5) is 4.79 Å². The lowest BCUT2D eigenvalue weighted by atomic mass is 9.76. The van der Waals surface area contributed by atoms with Gasteiger partial charge in [-0.1, -0.05) is 6.92 Å². The molecule has 6 heteroatoms. The summed E-state index contributed by atoms with van der Waals surface area (Å²) in [6.07, 6.45) is 3.10. The number of amides is 4. The lowest BCUT2D eigenvalue weighted by Gasteiger charge is -2.39. The second-order valence-corrected chi connectivity index (χ2v) is 5.23. The van der Waals surface area contributed by atoms with Crippen molar-refractivity contribution in [3.8, 4) is 0 Å². The normalized spacial score (nSPS) is 31.7. The van der Waals surface area contributed by atoms with Gasteiger partial charge in [-0.25, -0.2) is 4.79 Å². The molecule has 1 aliphatic carbocycles. The molecule has 1 saturated carbocycles. The largest absolute Gasteiger partial charge is 0.358 e. The predicted octanol–water partition coefficient (Wildman–Crippen LogP) is 0.233. The molecule has 4 amide bonds. The summed E-state index contributed by atoms with van der Waals surface area (Å²) in [5, 5.41) is 4.83. The molecule has 0 radical (unpaired) electrons. The number of nitrogens with zero attached hydrogens (tertiary/aromatic N) is 1. The summed E-state index contributed by atoms with van der Waals surface area (Å²) >= 11 is 0. The molecule has 2 N–H and O–H groups in total. The van der Waals surface area contributed by atoms with Gasteiger partial charge in [-0.3, -0.25) is 14.9 Å². The van der Waals surface area contributed by atoms with Gasteiger partial charge in [-0.2, -0.15) is 0 Å². The van der Waals surface area contributed by atoms with Crippen LogP contribution in [-0.4, -0.2) is 41.9 Å². The number of urea groups is 1. The molecule has 2 fully saturated rings. The van der Waals surface area contributed by atoms with Gasteiger partial charge in [-0.15, -0.1) is 0 Å². The Morgan fingerprint density at radius 1 is 1.44 bits per heavy atom. The third-order valence-electron chi connectivity index (χ3n) is 4.09. The Labute approximate surface area is 106 Å². The van der Waals surface area contributed by atoms with Crippen molar-refractivity contribution in [3.05, 3.63) is 0 Å². The molecule has 2 rings (SSSR count). The maximum absolute atomic E-state index is 12.0. The van der Waals surface area contributed by atoms with Gasteiger partial charge < -0.3 is 10.2 Å². The van der Waals surface area contributed by atoms with Crippen LogP contribution in [0.3, 0.4) is 0 Å². The average molecular weight is 253 g/mol. The fraction of sp³-hybridized carbons (Fsp3) is 0.750. The Kier molecular flexibility index (Phi) is 3.28. The molecular formula is C12H19N3O3. The van der Waals surface area contributed by atoms with Crippen molar-refractivity contribution in [1.82, 2.24) is 15.5 Å². The molecule has 0 aromatic carbocycles. The second kappa shape index (κ2) is 4.59. The van der Waals surface area contributed by atoms with Gasteiger partial charge in [0.05, 0.1) is 0 Å². The lowest BCUT2D eigenvalue weighted by molar-refractivity contribution is -0.130. The van der Waals surface area contributed by atoms with Crippen LogP contribution in [0.1, 0.15) is 32.6 Å². The van der Waals surface area contributed by atoms with E-state index in [-0.39, 0.29) is 18.4 Å². The van der Waals surface area contributed by atoms with E-state index in [9.17, 15) is 14.4 Å². The molecular weight excluding hydrogens is 234 g/mol. The molecule has 6 nitrogen and oxygen atoms in total. The molecule has 100 valence electrons. The number of rotatable bonds is 2. The maximum Gasteiger partial charge on any atom is 0.325 e. The molecule has 1 spiro atoms. The topological polar surface area (TPSA) is 78.5 Å². The van der Waals surface area contributed by atoms with E-state index in [4.69, 9.17) is 0 Å². The Balaban J connectivity index is 2.21. The van der Waals surface area contributed by atoms with Crippen LogP contribution in [0.15, 0.2) is 0 Å². The molecule has 1 heterocycles. The van der Waals surface area contributed by atoms with Gasteiger partial charge in [0.1, 0.15) is 12.1 Å². The number of imide groups is 1. The van der Waals surface area contributed by atoms with E-state index in [2.05, 4.69) is 17.6 Å². The van der Waals surface area contributed by atoms with Crippen molar-refractivity contribution in [2.75, 3.05) is 13.6 Å². The first-order chi connectivity index (χ1) is 8.49. The van der Waals surface area contributed by atoms with E-state index < -0.39 is 11.6 Å². The Hall–Kier alpha value is -1.59. The first-order valence-electron chi connectivity index (χ1n) is 6.33. The van der Waals surface area contributed by atoms with E-state index in [0.717, 1.165) is 12.8 Å². The molecule has 18 heavy (non-hydrogen) atoms. The zero-order chi connectivity index (χ0) is 13.3. The molecule has 2 aliphatic rings. The van der Waals surface area contributed by atoms with Crippen molar-refractivity contribution in [2.24, 2.45) is 5.92 Å². The summed E-state index contributed by atoms with van der Waals surface area (Å²) in [7, 11) is 1.52. The third-order valence-corrected chi connectivity index (χ3v) is 4.09. The first-order valence-corrected chi connectivity index (χ1v) is 6.33. The summed E-state index contributed by atoms with van der Waals surface area (Å²) in [5.41, 5.74) is -0.796. The van der Waals surface area contributed by atoms with Gasteiger partial charge in [0.2, 0.25) is 5.91 Å². The van der Waals surface area contributed by atoms with E-state index in [1.54, 1.807) is 0 Å². The molecule has 0 bridgehead atoms. The number of carbonyl (C=O) groups is 3. The molecule has 0 aromatic rings. The van der Waals surface area contributed by atoms with Gasteiger partial charge in [-0.05, 0) is 31.6 Å². The number of hydrogen-bond donors (Lipinski definition) is 2. The first kappa shape index (κ1) is 12.9. The van der Waals surface area contributed by atoms with Gasteiger partial charge >= 0.3 is 6.03 Å². The van der Waals surface area contributed by atoms with Crippen molar-refractivity contribution < 1.29 is 14.4 Å². The van der Waals surface area contributed by atoms with Gasteiger partial charge in [0.15, 0.2) is 0 Å². The van der Waals surface area contributed by atoms with Crippen LogP contribution < -0.4 is 10.6 Å². The van der Waals surface area contributed by atoms with Crippen LogP contribution in [0.5, 0.6) is 0 Å². The zero-order valence-corrected chi connectivity index (χ0v) is 10.8. The van der Waals surface area contributed by atoms with Crippen LogP contribution in [0.2, 0.25) is 0 Å². The summed E-state index contributed by atoms with van der Waals surface area (Å²) in [4.78, 5) is 36.7. The van der Waals surface area contributed by atoms with Gasteiger partial charge in [0.25, 0.3) is 5.91 Å². The summed E-state index contributed by atoms with van der Waals surface area (Å²) in [6, 6.07) is -0.446. The molecule has 1 aliphatic heterocycles. The summed E-state index contributed by atoms with van der Waals surface area (Å²) in [6.45, 7) is 2.09. The Morgan fingerprint density at radius 3 is 2.61 bits per heavy atom.